The highest BCUT2D eigenvalue weighted by Crippen LogP contribution is 2.23. The van der Waals surface area contributed by atoms with Gasteiger partial charge in [-0.2, -0.15) is 0 Å². The van der Waals surface area contributed by atoms with Gasteiger partial charge in [0.2, 0.25) is 0 Å². The standard InChI is InChI=1S/C9H14O/c1-7-5-8(2)10-9(3,4)6-7/h5-6H,1-4H3. The van der Waals surface area contributed by atoms with E-state index in [4.69, 9.17) is 4.74 Å². The van der Waals surface area contributed by atoms with Gasteiger partial charge in [-0.25, -0.2) is 0 Å². The fraction of sp³-hybridized carbons (Fsp3) is 0.556. The molecule has 1 aliphatic heterocycles. The lowest BCUT2D eigenvalue weighted by Gasteiger charge is -2.27. The van der Waals surface area contributed by atoms with Crippen LogP contribution in [0.2, 0.25) is 0 Å². The van der Waals surface area contributed by atoms with Crippen LogP contribution >= 0.6 is 0 Å². The molecule has 0 bridgehead atoms. The monoisotopic (exact) mass is 138 g/mol. The van der Waals surface area contributed by atoms with Crippen LogP contribution in [0.15, 0.2) is 23.5 Å². The van der Waals surface area contributed by atoms with Gasteiger partial charge in [-0.15, -0.1) is 0 Å². The fourth-order valence-electron chi connectivity index (χ4n) is 1.38. The van der Waals surface area contributed by atoms with Crippen molar-refractivity contribution in [1.82, 2.24) is 0 Å². The highest BCUT2D eigenvalue weighted by Gasteiger charge is 2.19. The summed E-state index contributed by atoms with van der Waals surface area (Å²) in [4.78, 5) is 0. The Bertz CT molecular complexity index is 197. The van der Waals surface area contributed by atoms with Gasteiger partial charge < -0.3 is 4.74 Å². The molecule has 0 aromatic rings. The predicted molar refractivity (Wildman–Crippen MR) is 42.7 cm³/mol. The Morgan fingerprint density at radius 2 is 1.90 bits per heavy atom. The molecule has 56 valence electrons. The smallest absolute Gasteiger partial charge is 0.122 e. The van der Waals surface area contributed by atoms with Crippen LogP contribution in [0, 0.1) is 0 Å². The van der Waals surface area contributed by atoms with Gasteiger partial charge in [0.25, 0.3) is 0 Å². The molecule has 1 heteroatoms. The maximum atomic E-state index is 5.53. The maximum absolute atomic E-state index is 5.53. The highest BCUT2D eigenvalue weighted by atomic mass is 16.5. The van der Waals surface area contributed by atoms with Crippen LogP contribution in [-0.4, -0.2) is 5.60 Å². The minimum atomic E-state index is -0.108. The molecule has 10 heavy (non-hydrogen) atoms. The van der Waals surface area contributed by atoms with Crippen LogP contribution in [-0.2, 0) is 4.74 Å². The van der Waals surface area contributed by atoms with Crippen molar-refractivity contribution in [1.29, 1.82) is 0 Å². The van der Waals surface area contributed by atoms with Gasteiger partial charge >= 0.3 is 0 Å². The summed E-state index contributed by atoms with van der Waals surface area (Å²) >= 11 is 0. The summed E-state index contributed by atoms with van der Waals surface area (Å²) < 4.78 is 5.53. The number of hydrogen-bond acceptors (Lipinski definition) is 1. The lowest BCUT2D eigenvalue weighted by Crippen LogP contribution is -2.23. The fourth-order valence-corrected chi connectivity index (χ4v) is 1.38. The van der Waals surface area contributed by atoms with Gasteiger partial charge in [0, 0.05) is 0 Å². The molecule has 1 aliphatic rings. The van der Waals surface area contributed by atoms with E-state index in [9.17, 15) is 0 Å². The van der Waals surface area contributed by atoms with E-state index in [1.165, 1.54) is 5.57 Å². The molecule has 0 fully saturated rings. The third kappa shape index (κ3) is 1.63. The Hall–Kier alpha value is -0.720. The van der Waals surface area contributed by atoms with Crippen molar-refractivity contribution in [3.8, 4) is 0 Å². The van der Waals surface area contributed by atoms with Gasteiger partial charge in [0.1, 0.15) is 5.60 Å². The molecule has 0 spiro atoms. The lowest BCUT2D eigenvalue weighted by molar-refractivity contribution is 0.0750. The SMILES string of the molecule is CC1=CC(C)(C)OC(C)=C1. The molecular formula is C9H14O. The third-order valence-corrected chi connectivity index (χ3v) is 1.43. The van der Waals surface area contributed by atoms with Crippen LogP contribution < -0.4 is 0 Å². The first-order valence-electron chi connectivity index (χ1n) is 3.56. The van der Waals surface area contributed by atoms with E-state index in [1.807, 2.05) is 13.0 Å². The van der Waals surface area contributed by atoms with Crippen molar-refractivity contribution in [3.63, 3.8) is 0 Å². The Morgan fingerprint density at radius 1 is 1.30 bits per heavy atom. The van der Waals surface area contributed by atoms with E-state index in [0.29, 0.717) is 0 Å². The summed E-state index contributed by atoms with van der Waals surface area (Å²) in [5.41, 5.74) is 1.18. The first-order chi connectivity index (χ1) is 4.49. The van der Waals surface area contributed by atoms with Crippen molar-refractivity contribution in [2.24, 2.45) is 0 Å². The Labute approximate surface area is 62.4 Å². The first kappa shape index (κ1) is 7.39. The second kappa shape index (κ2) is 2.15. The molecule has 0 aromatic carbocycles. The average Bonchev–Trinajstić information content (AvgIpc) is 1.54. The molecule has 0 unspecified atom stereocenters. The molecule has 1 rings (SSSR count). The summed E-state index contributed by atoms with van der Waals surface area (Å²) in [6.07, 6.45) is 4.17. The zero-order chi connectivity index (χ0) is 7.78. The lowest BCUT2D eigenvalue weighted by atomic mass is 10.0. The topological polar surface area (TPSA) is 9.23 Å². The minimum Gasteiger partial charge on any atom is -0.488 e. The Kier molecular flexibility index (Phi) is 1.59. The molecule has 0 N–H and O–H groups in total. The molecule has 0 radical (unpaired) electrons. The largest absolute Gasteiger partial charge is 0.488 e. The van der Waals surface area contributed by atoms with E-state index in [0.717, 1.165) is 5.76 Å². The molecule has 0 saturated heterocycles. The van der Waals surface area contributed by atoms with Gasteiger partial charge in [0.15, 0.2) is 0 Å². The molecule has 1 heterocycles. The summed E-state index contributed by atoms with van der Waals surface area (Å²) in [5, 5.41) is 0. The third-order valence-electron chi connectivity index (χ3n) is 1.43. The maximum Gasteiger partial charge on any atom is 0.122 e. The summed E-state index contributed by atoms with van der Waals surface area (Å²) in [5.74, 6) is 1.00. The van der Waals surface area contributed by atoms with Crippen LogP contribution in [0.3, 0.4) is 0 Å². The highest BCUT2D eigenvalue weighted by molar-refractivity contribution is 5.25. The number of rotatable bonds is 0. The van der Waals surface area contributed by atoms with Crippen molar-refractivity contribution < 1.29 is 4.74 Å². The van der Waals surface area contributed by atoms with Crippen molar-refractivity contribution >= 4 is 0 Å². The summed E-state index contributed by atoms with van der Waals surface area (Å²) in [6, 6.07) is 0. The van der Waals surface area contributed by atoms with Crippen molar-refractivity contribution in [3.05, 3.63) is 23.5 Å². The summed E-state index contributed by atoms with van der Waals surface area (Å²) in [7, 11) is 0. The normalized spacial score (nSPS) is 22.8. The molecule has 1 nitrogen and oxygen atoms in total. The van der Waals surface area contributed by atoms with E-state index in [-0.39, 0.29) is 5.60 Å². The molecule has 0 aromatic heterocycles. The van der Waals surface area contributed by atoms with E-state index < -0.39 is 0 Å². The Morgan fingerprint density at radius 3 is 2.30 bits per heavy atom. The van der Waals surface area contributed by atoms with Gasteiger partial charge in [-0.3, -0.25) is 0 Å². The van der Waals surface area contributed by atoms with Crippen LogP contribution in [0.1, 0.15) is 27.7 Å². The van der Waals surface area contributed by atoms with E-state index in [2.05, 4.69) is 26.8 Å². The molecule has 0 amide bonds. The van der Waals surface area contributed by atoms with Crippen LogP contribution in [0.5, 0.6) is 0 Å². The van der Waals surface area contributed by atoms with Crippen molar-refractivity contribution in [2.45, 2.75) is 33.3 Å². The van der Waals surface area contributed by atoms with Gasteiger partial charge in [0.05, 0.1) is 5.76 Å². The van der Waals surface area contributed by atoms with Gasteiger partial charge in [-0.05, 0) is 45.4 Å². The summed E-state index contributed by atoms with van der Waals surface area (Å²) in [6.45, 7) is 8.20. The average molecular weight is 138 g/mol. The Balaban J connectivity index is 2.88. The zero-order valence-corrected chi connectivity index (χ0v) is 7.06. The number of ether oxygens (including phenoxy) is 1. The van der Waals surface area contributed by atoms with Crippen LogP contribution in [0.25, 0.3) is 0 Å². The van der Waals surface area contributed by atoms with E-state index >= 15 is 0 Å². The molecular weight excluding hydrogens is 124 g/mol. The molecule has 0 saturated carbocycles. The number of allylic oxidation sites excluding steroid dienone is 3. The molecule has 0 atom stereocenters. The van der Waals surface area contributed by atoms with Crippen molar-refractivity contribution in [2.75, 3.05) is 0 Å². The van der Waals surface area contributed by atoms with Crippen LogP contribution in [0.4, 0.5) is 0 Å². The minimum absolute atomic E-state index is 0.108. The number of hydrogen-bond donors (Lipinski definition) is 0. The molecule has 0 aliphatic carbocycles. The zero-order valence-electron chi connectivity index (χ0n) is 7.06. The quantitative estimate of drug-likeness (QED) is 0.500. The second-order valence-corrected chi connectivity index (χ2v) is 3.35. The predicted octanol–water partition coefficient (Wildman–Crippen LogP) is 2.65. The first-order valence-corrected chi connectivity index (χ1v) is 3.56. The van der Waals surface area contributed by atoms with E-state index in [1.54, 1.807) is 0 Å². The van der Waals surface area contributed by atoms with Gasteiger partial charge in [-0.1, -0.05) is 0 Å². The second-order valence-electron chi connectivity index (χ2n) is 3.35.